The molecule has 8 aromatic carbocycles. The van der Waals surface area contributed by atoms with Crippen LogP contribution in [0.25, 0.3) is 100 Å². The van der Waals surface area contributed by atoms with Crippen LogP contribution < -0.4 is 5.19 Å². The number of benzene rings is 8. The van der Waals surface area contributed by atoms with E-state index in [1.807, 2.05) is 24.3 Å². The number of fused-ring (bicyclic) bond motifs is 6. The molecule has 4 nitrogen and oxygen atoms in total. The molecule has 0 radical (unpaired) electrons. The number of hydrogen-bond donors (Lipinski definition) is 0. The van der Waals surface area contributed by atoms with Crippen LogP contribution >= 0.6 is 0 Å². The Bertz CT molecular complexity index is 3320. The summed E-state index contributed by atoms with van der Waals surface area (Å²) in [4.78, 5) is 10.1. The average molecular weight is 787 g/mol. The Labute approximate surface area is 350 Å². The van der Waals surface area contributed by atoms with E-state index in [9.17, 15) is 0 Å². The first-order valence-corrected chi connectivity index (χ1v) is 24.2. The van der Waals surface area contributed by atoms with Gasteiger partial charge in [0.15, 0.2) is 5.82 Å². The summed E-state index contributed by atoms with van der Waals surface area (Å²) in [7, 11) is -1.41. The molecule has 3 heterocycles. The van der Waals surface area contributed by atoms with Gasteiger partial charge in [-0.05, 0) is 71.8 Å². The highest BCUT2D eigenvalue weighted by atomic mass is 28.3. The fourth-order valence-corrected chi connectivity index (χ4v) is 9.99. The Morgan fingerprint density at radius 1 is 0.333 bits per heavy atom. The Balaban J connectivity index is 1.02. The van der Waals surface area contributed by atoms with E-state index in [2.05, 4.69) is 205 Å². The zero-order chi connectivity index (χ0) is 40.4. The summed E-state index contributed by atoms with van der Waals surface area (Å²) >= 11 is 0. The second kappa shape index (κ2) is 14.2. The lowest BCUT2D eigenvalue weighted by molar-refractivity contribution is 1.17. The third-order valence-electron chi connectivity index (χ3n) is 11.9. The van der Waals surface area contributed by atoms with Gasteiger partial charge in [0.1, 0.15) is 0 Å². The molecule has 0 aliphatic heterocycles. The van der Waals surface area contributed by atoms with Crippen molar-refractivity contribution >= 4 is 56.9 Å². The van der Waals surface area contributed by atoms with E-state index < -0.39 is 8.07 Å². The monoisotopic (exact) mass is 786 g/mol. The third kappa shape index (κ3) is 6.14. The minimum Gasteiger partial charge on any atom is -0.309 e. The van der Waals surface area contributed by atoms with Crippen molar-refractivity contribution in [3.63, 3.8) is 0 Å². The predicted molar refractivity (Wildman–Crippen MR) is 255 cm³/mol. The van der Waals surface area contributed by atoms with Gasteiger partial charge in [0, 0.05) is 49.6 Å². The lowest BCUT2D eigenvalue weighted by atomic mass is 10.0. The molecule has 3 aromatic heterocycles. The lowest BCUT2D eigenvalue weighted by Crippen LogP contribution is -2.37. The molecule has 11 aromatic rings. The van der Waals surface area contributed by atoms with Crippen LogP contribution in [0.4, 0.5) is 0 Å². The molecule has 0 aliphatic rings. The van der Waals surface area contributed by atoms with Gasteiger partial charge in [-0.3, -0.25) is 0 Å². The lowest BCUT2D eigenvalue weighted by Gasteiger charge is -2.17. The minimum atomic E-state index is -1.41. The second-order valence-electron chi connectivity index (χ2n) is 16.7. The Hall–Kier alpha value is -7.34. The van der Waals surface area contributed by atoms with Gasteiger partial charge >= 0.3 is 0 Å². The summed E-state index contributed by atoms with van der Waals surface area (Å²) in [6, 6.07) is 72.2. The van der Waals surface area contributed by atoms with Gasteiger partial charge < -0.3 is 9.13 Å². The Kier molecular flexibility index (Phi) is 8.46. The molecular weight excluding hydrogens is 745 g/mol. The van der Waals surface area contributed by atoms with E-state index in [1.165, 1.54) is 65.6 Å². The normalized spacial score (nSPS) is 11.9. The van der Waals surface area contributed by atoms with Crippen LogP contribution in [0.2, 0.25) is 19.6 Å². The molecule has 60 heavy (non-hydrogen) atoms. The molecule has 11 rings (SSSR count). The van der Waals surface area contributed by atoms with Crippen molar-refractivity contribution in [3.8, 4) is 56.4 Å². The summed E-state index contributed by atoms with van der Waals surface area (Å²) < 4.78 is 4.82. The summed E-state index contributed by atoms with van der Waals surface area (Å²) in [5.74, 6) is 0.713. The number of nitrogens with zero attached hydrogens (tertiary/aromatic N) is 4. The highest BCUT2D eigenvalue weighted by Gasteiger charge is 2.19. The van der Waals surface area contributed by atoms with Crippen LogP contribution in [0.5, 0.6) is 0 Å². The van der Waals surface area contributed by atoms with Crippen LogP contribution in [0.1, 0.15) is 0 Å². The maximum atomic E-state index is 5.09. The predicted octanol–water partition coefficient (Wildman–Crippen LogP) is 13.9. The van der Waals surface area contributed by atoms with Gasteiger partial charge in [-0.2, -0.15) is 0 Å². The van der Waals surface area contributed by atoms with E-state index in [0.717, 1.165) is 33.8 Å². The topological polar surface area (TPSA) is 35.6 Å². The fraction of sp³-hybridized carbons (Fsp3) is 0.0545. The van der Waals surface area contributed by atoms with Crippen molar-refractivity contribution in [2.45, 2.75) is 19.6 Å². The summed E-state index contributed by atoms with van der Waals surface area (Å²) in [6.45, 7) is 7.21. The molecule has 0 fully saturated rings. The van der Waals surface area contributed by atoms with E-state index in [1.54, 1.807) is 0 Å². The standard InChI is InChI=1S/C55H42N4Si/c1-60(2,3)44-30-28-43(29-31-44)58-52-21-13-11-19-46(52)48-34-40(25-33-53(48)58)41-24-32-47-45-18-10-12-20-51(45)59(54(47)35-41)42-26-22-38(23-27-42)50-36-49(37-14-6-4-7-15-37)56-55(57-50)39-16-8-5-9-17-39/h4-36H,1-3H3. The smallest absolute Gasteiger partial charge is 0.160 e. The highest BCUT2D eigenvalue weighted by molar-refractivity contribution is 6.88. The van der Waals surface area contributed by atoms with Crippen LogP contribution in [0, 0.1) is 0 Å². The molecular formula is C55H42N4Si. The molecule has 0 bridgehead atoms. The van der Waals surface area contributed by atoms with E-state index in [0.29, 0.717) is 5.82 Å². The van der Waals surface area contributed by atoms with Crippen LogP contribution in [-0.4, -0.2) is 27.2 Å². The minimum absolute atomic E-state index is 0.713. The summed E-state index contributed by atoms with van der Waals surface area (Å²) in [5, 5.41) is 6.45. The average Bonchev–Trinajstić information content (AvgIpc) is 3.81. The fourth-order valence-electron chi connectivity index (χ4n) is 8.82. The van der Waals surface area contributed by atoms with Crippen molar-refractivity contribution in [2.75, 3.05) is 0 Å². The van der Waals surface area contributed by atoms with Crippen LogP contribution in [0.15, 0.2) is 200 Å². The SMILES string of the molecule is C[Si](C)(C)c1ccc(-n2c3ccccc3c3cc(-c4ccc5c6ccccc6n(-c6ccc(-c7cc(-c8ccccc8)nc(-c8ccccc8)n7)cc6)c5c4)ccc32)cc1. The van der Waals surface area contributed by atoms with Crippen molar-refractivity contribution in [2.24, 2.45) is 0 Å². The van der Waals surface area contributed by atoms with E-state index in [-0.39, 0.29) is 0 Å². The van der Waals surface area contributed by atoms with Gasteiger partial charge in [-0.1, -0.05) is 164 Å². The van der Waals surface area contributed by atoms with E-state index >= 15 is 0 Å². The number of hydrogen-bond acceptors (Lipinski definition) is 2. The largest absolute Gasteiger partial charge is 0.309 e. The van der Waals surface area contributed by atoms with E-state index in [4.69, 9.17) is 9.97 Å². The van der Waals surface area contributed by atoms with Crippen molar-refractivity contribution in [1.82, 2.24) is 19.1 Å². The maximum absolute atomic E-state index is 5.09. The van der Waals surface area contributed by atoms with Crippen molar-refractivity contribution < 1.29 is 0 Å². The molecule has 0 spiro atoms. The zero-order valence-electron chi connectivity index (χ0n) is 33.8. The van der Waals surface area contributed by atoms with Crippen LogP contribution in [-0.2, 0) is 0 Å². The highest BCUT2D eigenvalue weighted by Crippen LogP contribution is 2.39. The molecule has 0 unspecified atom stereocenters. The third-order valence-corrected chi connectivity index (χ3v) is 14.0. The van der Waals surface area contributed by atoms with Gasteiger partial charge in [0.25, 0.3) is 0 Å². The molecule has 0 aliphatic carbocycles. The van der Waals surface area contributed by atoms with Crippen LogP contribution in [0.3, 0.4) is 0 Å². The van der Waals surface area contributed by atoms with Crippen molar-refractivity contribution in [3.05, 3.63) is 200 Å². The first-order chi connectivity index (χ1) is 29.4. The molecule has 0 saturated heterocycles. The molecule has 5 heteroatoms. The maximum Gasteiger partial charge on any atom is 0.160 e. The van der Waals surface area contributed by atoms with Gasteiger partial charge in [0.2, 0.25) is 0 Å². The Morgan fingerprint density at radius 3 is 1.42 bits per heavy atom. The number of para-hydroxylation sites is 2. The molecule has 0 amide bonds. The quantitative estimate of drug-likeness (QED) is 0.151. The molecule has 0 atom stereocenters. The summed E-state index contributed by atoms with van der Waals surface area (Å²) in [6.07, 6.45) is 0. The van der Waals surface area contributed by atoms with Gasteiger partial charge in [0.05, 0.1) is 41.5 Å². The van der Waals surface area contributed by atoms with Crippen molar-refractivity contribution in [1.29, 1.82) is 0 Å². The summed E-state index contributed by atoms with van der Waals surface area (Å²) in [5.41, 5.74) is 14.3. The second-order valence-corrected chi connectivity index (χ2v) is 21.8. The first-order valence-electron chi connectivity index (χ1n) is 20.7. The number of aromatic nitrogens is 4. The molecule has 0 saturated carbocycles. The van der Waals surface area contributed by atoms with Gasteiger partial charge in [-0.15, -0.1) is 0 Å². The Morgan fingerprint density at radius 2 is 0.783 bits per heavy atom. The molecule has 0 N–H and O–H groups in total. The van der Waals surface area contributed by atoms with Gasteiger partial charge in [-0.25, -0.2) is 9.97 Å². The number of rotatable bonds is 7. The first kappa shape index (κ1) is 35.8. The molecule has 286 valence electrons. The zero-order valence-corrected chi connectivity index (χ0v) is 34.8.